The lowest BCUT2D eigenvalue weighted by Gasteiger charge is -2.33. The minimum atomic E-state index is -4.32. The average molecular weight is 1910 g/mol. The maximum atomic E-state index is 14.2. The molecule has 38 heteroatoms. The number of benzene rings is 3. The highest BCUT2D eigenvalue weighted by Gasteiger charge is 2.44. The first kappa shape index (κ1) is 99.7. The van der Waals surface area contributed by atoms with Crippen LogP contribution in [0.1, 0.15) is 174 Å². The number of halogens is 1. The van der Waals surface area contributed by atoms with Crippen LogP contribution in [0, 0.1) is 36.4 Å². The van der Waals surface area contributed by atoms with E-state index in [4.69, 9.17) is 25.7 Å². The first-order valence-electron chi connectivity index (χ1n) is 43.4. The van der Waals surface area contributed by atoms with Gasteiger partial charge in [-0.25, -0.2) is 53.2 Å². The molecule has 4 fully saturated rings. The van der Waals surface area contributed by atoms with Gasteiger partial charge in [0, 0.05) is 102 Å². The molecule has 0 saturated carbocycles. The number of hydrogen-bond acceptors (Lipinski definition) is 29. The molecule has 0 spiro atoms. The van der Waals surface area contributed by atoms with Gasteiger partial charge < -0.3 is 45.3 Å². The Labute approximate surface area is 782 Å². The number of nitrogen functional groups attached to an aromatic ring is 2. The van der Waals surface area contributed by atoms with Crippen molar-refractivity contribution in [3.05, 3.63) is 245 Å². The van der Waals surface area contributed by atoms with Crippen molar-refractivity contribution in [2.75, 3.05) is 71.5 Å². The molecule has 4 atom stereocenters. The fourth-order valence-electron chi connectivity index (χ4n) is 17.5. The number of aromatic nitrogens is 8. The van der Waals surface area contributed by atoms with Crippen molar-refractivity contribution in [2.45, 2.75) is 178 Å². The second-order valence-electron chi connectivity index (χ2n) is 36.4. The van der Waals surface area contributed by atoms with Gasteiger partial charge >= 0.3 is 0 Å². The molecule has 4 aliphatic rings. The van der Waals surface area contributed by atoms with Gasteiger partial charge in [-0.3, -0.25) is 19.2 Å². The summed E-state index contributed by atoms with van der Waals surface area (Å²) < 4.78 is 141. The van der Waals surface area contributed by atoms with Crippen LogP contribution in [0.5, 0.6) is 17.5 Å². The summed E-state index contributed by atoms with van der Waals surface area (Å²) >= 11 is 0. The van der Waals surface area contributed by atoms with Crippen LogP contribution in [-0.4, -0.2) is 160 Å². The second-order valence-corrected chi connectivity index (χ2v) is 43.0. The highest BCUT2D eigenvalue weighted by molar-refractivity contribution is 7.90. The van der Waals surface area contributed by atoms with Crippen molar-refractivity contribution >= 4 is 98.6 Å². The van der Waals surface area contributed by atoms with Crippen LogP contribution in [0.15, 0.2) is 221 Å². The van der Waals surface area contributed by atoms with E-state index in [1.165, 1.54) is 111 Å². The number of aryl methyl sites for hydroxylation is 2. The van der Waals surface area contributed by atoms with Gasteiger partial charge in [-0.2, -0.15) is 43.6 Å². The van der Waals surface area contributed by atoms with Crippen molar-refractivity contribution in [2.24, 2.45) is 23.7 Å². The lowest BCUT2D eigenvalue weighted by atomic mass is 9.97. The van der Waals surface area contributed by atoms with Crippen molar-refractivity contribution in [3.63, 3.8) is 0 Å². The molecule has 4 amide bonds. The molecule has 15 rings (SSSR count). The third-order valence-corrected chi connectivity index (χ3v) is 28.2. The van der Waals surface area contributed by atoms with Gasteiger partial charge in [0.15, 0.2) is 20.1 Å². The predicted octanol–water partition coefficient (Wildman–Crippen LogP) is 14.0. The molecule has 0 aliphatic carbocycles. The zero-order valence-electron chi connectivity index (χ0n) is 77.6. The van der Waals surface area contributed by atoms with Gasteiger partial charge in [0.1, 0.15) is 53.1 Å². The Morgan fingerprint density at radius 3 is 1.13 bits per heavy atom. The number of nitrogens with zero attached hydrogens (tertiary/aromatic N) is 12. The highest BCUT2D eigenvalue weighted by Crippen LogP contribution is 2.43. The SMILES string of the molecule is CCc1ccc(COc2cccc(S(=O)(=O)NC(=O)c3cccnc3N3CC(C)CC3(C)C)n2)cc1.COc1cc(F)cc(-c2cnc(N3CC(C)CC3(C)C)c(C(=O)NS(=O)(=O)c3cccc(N)n3)c2)c1.COc1cccc(S(=O)(=O)NC(=O)c2cccnc2N2CC(C)CC2(C)C)n1.Cc1cccc(-c2cnc(N3CC(C)CC3(C)C)c(C(=O)NS(=O)(=O)c3cccc(N)n3)c2)c1. The highest BCUT2D eigenvalue weighted by atomic mass is 32.2. The monoisotopic (exact) mass is 1900 g/mol. The molecule has 33 nitrogen and oxygen atoms in total. The van der Waals surface area contributed by atoms with Crippen LogP contribution in [0.2, 0.25) is 0 Å². The summed E-state index contributed by atoms with van der Waals surface area (Å²) in [5, 5.41) is -1.29. The zero-order valence-corrected chi connectivity index (χ0v) is 80.9. The van der Waals surface area contributed by atoms with Gasteiger partial charge in [-0.1, -0.05) is 113 Å². The van der Waals surface area contributed by atoms with E-state index in [1.807, 2.05) is 74.2 Å². The van der Waals surface area contributed by atoms with Gasteiger partial charge in [0.25, 0.3) is 63.7 Å². The van der Waals surface area contributed by atoms with Crippen LogP contribution in [0.25, 0.3) is 22.3 Å². The summed E-state index contributed by atoms with van der Waals surface area (Å²) in [6.45, 7) is 32.3. The Balaban J connectivity index is 0.000000162. The molecule has 11 aromatic rings. The van der Waals surface area contributed by atoms with Crippen molar-refractivity contribution < 1.29 is 71.5 Å². The van der Waals surface area contributed by atoms with E-state index in [9.17, 15) is 57.2 Å². The standard InChI is InChI=1S/C27H32N4O4S.C25H28FN5O4S.C25H29N5O3S.C19H24N4O4S/c1-5-20-11-13-21(14-12-20)18-35-23-9-6-10-24(29-23)36(33,34)30-26(32)22-8-7-15-28-25(22)31-17-19(2)16-27(31,3)4;1-15-12-25(2,3)31(14-15)23-20(24(32)30-36(33,34)22-7-5-6-21(27)29-22)10-17(13-28-23)16-8-18(26)11-19(9-16)35-4;1-16-7-5-8-18(11-16)19-12-20(23(27-14-19)30-15-17(2)13-25(30,3)4)24(31)29-34(32,33)22-10-6-9-21(26)28-22;1-13-11-19(2,3)23(12-13)17-14(7-6-10-20-17)18(24)22-28(25,26)16-9-5-8-15(21-16)27-4/h6-15,19H,5,16-18H2,1-4H3,(H,30,32);5-11,13,15H,12,14H2,1-4H3,(H2,27,29)(H,30,32);5-12,14,17H,13,15H2,1-4H3,(H2,26,28)(H,29,31);5-10,13H,11-12H2,1-4H3,(H,22,24). The number of rotatable bonds is 24. The van der Waals surface area contributed by atoms with Crippen molar-refractivity contribution in [1.82, 2.24) is 58.8 Å². The third kappa shape index (κ3) is 24.0. The number of amides is 4. The fraction of sp³-hybridized carbons (Fsp3) is 0.354. The Bertz CT molecular complexity index is 6700. The first-order chi connectivity index (χ1) is 63.1. The minimum absolute atomic E-state index is 0.00234. The third-order valence-electron chi connectivity index (χ3n) is 23.3. The van der Waals surface area contributed by atoms with Gasteiger partial charge in [-0.15, -0.1) is 0 Å². The maximum absolute atomic E-state index is 14.2. The molecule has 12 heterocycles. The average Bonchev–Trinajstić information content (AvgIpc) is 1.59. The molecule has 8 N–H and O–H groups in total. The first-order valence-corrected chi connectivity index (χ1v) is 49.4. The molecular weight excluding hydrogens is 1790 g/mol. The van der Waals surface area contributed by atoms with E-state index in [0.717, 1.165) is 67.4 Å². The molecule has 134 heavy (non-hydrogen) atoms. The predicted molar refractivity (Wildman–Crippen MR) is 511 cm³/mol. The summed E-state index contributed by atoms with van der Waals surface area (Å²) in [4.78, 5) is 94.8. The number of nitrogens with two attached hydrogens (primary N) is 2. The number of anilines is 6. The minimum Gasteiger partial charge on any atom is -0.497 e. The Morgan fingerprint density at radius 1 is 0.403 bits per heavy atom. The van der Waals surface area contributed by atoms with Crippen molar-refractivity contribution in [1.29, 1.82) is 0 Å². The molecule has 4 saturated heterocycles. The Morgan fingerprint density at radius 2 is 0.761 bits per heavy atom. The smallest absolute Gasteiger partial charge is 0.281 e. The Kier molecular flexibility index (Phi) is 30.2. The lowest BCUT2D eigenvalue weighted by molar-refractivity contribution is 0.0972. The van der Waals surface area contributed by atoms with Crippen LogP contribution in [-0.2, 0) is 53.1 Å². The van der Waals surface area contributed by atoms with Crippen LogP contribution in [0.4, 0.5) is 39.3 Å². The normalized spacial score (nSPS) is 17.6. The Hall–Kier alpha value is -13.3. The molecule has 4 aliphatic heterocycles. The summed E-state index contributed by atoms with van der Waals surface area (Å²) in [6.07, 6.45) is 11.1. The second kappa shape index (κ2) is 40.6. The summed E-state index contributed by atoms with van der Waals surface area (Å²) in [5.41, 5.74) is 16.6. The molecule has 0 bridgehead atoms. The largest absolute Gasteiger partial charge is 0.497 e. The van der Waals surface area contributed by atoms with Gasteiger partial charge in [0.2, 0.25) is 11.8 Å². The molecule has 708 valence electrons. The van der Waals surface area contributed by atoms with E-state index in [1.54, 1.807) is 61.1 Å². The quantitative estimate of drug-likeness (QED) is 0.0327. The van der Waals surface area contributed by atoms with E-state index in [-0.39, 0.29) is 94.5 Å². The molecule has 8 aromatic heterocycles. The summed E-state index contributed by atoms with van der Waals surface area (Å²) in [6, 6.07) is 46.7. The molecule has 4 unspecified atom stereocenters. The lowest BCUT2D eigenvalue weighted by Crippen LogP contribution is -2.41. The van der Waals surface area contributed by atoms with Crippen molar-refractivity contribution in [3.8, 4) is 39.8 Å². The molecule has 3 aromatic carbocycles. The van der Waals surface area contributed by atoms with Crippen LogP contribution in [0.3, 0.4) is 0 Å². The fourth-order valence-corrected chi connectivity index (χ4v) is 21.2. The number of sulfonamides is 4. The van der Waals surface area contributed by atoms with E-state index in [0.29, 0.717) is 76.9 Å². The maximum Gasteiger partial charge on any atom is 0.281 e. The van der Waals surface area contributed by atoms with E-state index in [2.05, 4.69) is 150 Å². The van der Waals surface area contributed by atoms with Gasteiger partial charge in [0.05, 0.1) is 36.5 Å². The number of ether oxygens (including phenoxy) is 3. The zero-order chi connectivity index (χ0) is 97.4. The summed E-state index contributed by atoms with van der Waals surface area (Å²) in [5.74, 6) is 0.323. The number of methoxy groups -OCH3 is 2. The van der Waals surface area contributed by atoms with Crippen LogP contribution >= 0.6 is 0 Å². The number of hydrogen-bond donors (Lipinski definition) is 6. The number of pyridine rings is 8. The number of carbonyl (C=O) groups excluding carboxylic acids is 4. The van der Waals surface area contributed by atoms with Gasteiger partial charge in [-0.05, 0) is 225 Å². The van der Waals surface area contributed by atoms with E-state index >= 15 is 0 Å². The topological polar surface area (TPSA) is 449 Å². The number of nitrogens with one attached hydrogen (secondary N) is 4. The molecular formula is C96H113FN18O15S4. The number of carbonyl (C=O) groups is 4. The van der Waals surface area contributed by atoms with E-state index < -0.39 is 69.5 Å². The molecule has 0 radical (unpaired) electrons. The summed E-state index contributed by atoms with van der Waals surface area (Å²) in [7, 11) is -14.1. The van der Waals surface area contributed by atoms with Crippen LogP contribution < -0.4 is 64.2 Å².